The predicted molar refractivity (Wildman–Crippen MR) is 93.5 cm³/mol. The lowest BCUT2D eigenvalue weighted by Gasteiger charge is -2.31. The molecule has 6 heteroatoms. The van der Waals surface area contributed by atoms with Crippen molar-refractivity contribution in [3.63, 3.8) is 0 Å². The molecule has 0 spiro atoms. The van der Waals surface area contributed by atoms with Gasteiger partial charge >= 0.3 is 5.97 Å². The van der Waals surface area contributed by atoms with E-state index in [4.69, 9.17) is 0 Å². The molecule has 1 rings (SSSR count). The Kier molecular flexibility index (Phi) is 7.22. The lowest BCUT2D eigenvalue weighted by molar-refractivity contribution is -0.141. The highest BCUT2D eigenvalue weighted by atomic mass is 32.1. The summed E-state index contributed by atoms with van der Waals surface area (Å²) in [5, 5.41) is 17.1. The van der Waals surface area contributed by atoms with Gasteiger partial charge in [-0.2, -0.15) is 0 Å². The molecule has 0 radical (unpaired) electrons. The molecule has 3 N–H and O–H groups in total. The van der Waals surface area contributed by atoms with Crippen LogP contribution in [0.3, 0.4) is 0 Å². The number of carbonyl (C=O) groups excluding carboxylic acids is 1. The fourth-order valence-corrected chi connectivity index (χ4v) is 3.37. The lowest BCUT2D eigenvalue weighted by Crippen LogP contribution is -2.47. The molecule has 5 nitrogen and oxygen atoms in total. The molecule has 0 fully saturated rings. The zero-order valence-corrected chi connectivity index (χ0v) is 15.4. The summed E-state index contributed by atoms with van der Waals surface area (Å²) in [5.74, 6) is -1.14. The third-order valence-corrected chi connectivity index (χ3v) is 4.90. The number of thiophene rings is 1. The average Bonchev–Trinajstić information content (AvgIpc) is 2.96. The molecular weight excluding hydrogens is 312 g/mol. The van der Waals surface area contributed by atoms with Crippen molar-refractivity contribution >= 4 is 23.2 Å². The topological polar surface area (TPSA) is 78.4 Å². The van der Waals surface area contributed by atoms with Crippen molar-refractivity contribution in [3.05, 3.63) is 22.4 Å². The number of nitrogens with one attached hydrogen (secondary N) is 2. The minimum atomic E-state index is -0.919. The van der Waals surface area contributed by atoms with E-state index in [1.54, 1.807) is 11.3 Å². The van der Waals surface area contributed by atoms with E-state index < -0.39 is 12.0 Å². The SMILES string of the molecule is CC[C@H](C)[C@H](NCC(=O)NC(c1cccs1)C(C)(C)C)C(=O)O. The molecule has 0 aliphatic heterocycles. The first-order chi connectivity index (χ1) is 10.7. The second-order valence-corrected chi connectivity index (χ2v) is 7.94. The van der Waals surface area contributed by atoms with E-state index >= 15 is 0 Å². The molecule has 1 aromatic heterocycles. The van der Waals surface area contributed by atoms with Gasteiger partial charge in [0.2, 0.25) is 5.91 Å². The Morgan fingerprint density at radius 3 is 2.43 bits per heavy atom. The Morgan fingerprint density at radius 1 is 1.35 bits per heavy atom. The molecule has 0 saturated heterocycles. The number of carboxylic acid groups (broad SMARTS) is 1. The van der Waals surface area contributed by atoms with Crippen molar-refractivity contribution in [1.82, 2.24) is 10.6 Å². The Hall–Kier alpha value is -1.40. The molecule has 0 saturated carbocycles. The van der Waals surface area contributed by atoms with E-state index in [9.17, 15) is 14.7 Å². The van der Waals surface area contributed by atoms with Crippen LogP contribution in [0.5, 0.6) is 0 Å². The Bertz CT molecular complexity index is 508. The van der Waals surface area contributed by atoms with Crippen LogP contribution in [0, 0.1) is 11.3 Å². The number of amides is 1. The number of rotatable bonds is 8. The van der Waals surface area contributed by atoms with E-state index in [0.717, 1.165) is 11.3 Å². The molecule has 130 valence electrons. The van der Waals surface area contributed by atoms with E-state index in [2.05, 4.69) is 31.4 Å². The van der Waals surface area contributed by atoms with Gasteiger partial charge in [-0.3, -0.25) is 14.9 Å². The molecule has 23 heavy (non-hydrogen) atoms. The number of hydrogen-bond acceptors (Lipinski definition) is 4. The van der Waals surface area contributed by atoms with Crippen LogP contribution >= 0.6 is 11.3 Å². The van der Waals surface area contributed by atoms with E-state index in [1.165, 1.54) is 0 Å². The van der Waals surface area contributed by atoms with Gasteiger partial charge in [0.1, 0.15) is 6.04 Å². The van der Waals surface area contributed by atoms with Crippen molar-refractivity contribution in [2.45, 2.75) is 53.1 Å². The molecule has 0 aliphatic rings. The zero-order chi connectivity index (χ0) is 17.6. The maximum absolute atomic E-state index is 12.3. The molecule has 1 aromatic rings. The van der Waals surface area contributed by atoms with Gasteiger partial charge in [-0.15, -0.1) is 11.3 Å². The van der Waals surface area contributed by atoms with Crippen LogP contribution in [0.1, 0.15) is 52.0 Å². The summed E-state index contributed by atoms with van der Waals surface area (Å²) in [6.07, 6.45) is 0.741. The first-order valence-electron chi connectivity index (χ1n) is 7.95. The summed E-state index contributed by atoms with van der Waals surface area (Å²) in [6.45, 7) is 10.0. The van der Waals surface area contributed by atoms with Gasteiger partial charge in [0.25, 0.3) is 0 Å². The summed E-state index contributed by atoms with van der Waals surface area (Å²) in [4.78, 5) is 24.7. The summed E-state index contributed by atoms with van der Waals surface area (Å²) in [7, 11) is 0. The smallest absolute Gasteiger partial charge is 0.320 e. The fourth-order valence-electron chi connectivity index (χ4n) is 2.35. The van der Waals surface area contributed by atoms with Crippen molar-refractivity contribution in [3.8, 4) is 0 Å². The Balaban J connectivity index is 2.68. The zero-order valence-electron chi connectivity index (χ0n) is 14.6. The van der Waals surface area contributed by atoms with Gasteiger partial charge in [0, 0.05) is 4.88 Å². The minimum absolute atomic E-state index is 0.000732. The maximum Gasteiger partial charge on any atom is 0.320 e. The normalized spacial score (nSPS) is 15.7. The highest BCUT2D eigenvalue weighted by Gasteiger charge is 2.29. The first kappa shape index (κ1) is 19.6. The summed E-state index contributed by atoms with van der Waals surface area (Å²) < 4.78 is 0. The third kappa shape index (κ3) is 5.95. The van der Waals surface area contributed by atoms with Gasteiger partial charge in [0.05, 0.1) is 12.6 Å². The monoisotopic (exact) mass is 340 g/mol. The summed E-state index contributed by atoms with van der Waals surface area (Å²) in [5.41, 5.74) is -0.122. The van der Waals surface area contributed by atoms with E-state index in [0.29, 0.717) is 0 Å². The van der Waals surface area contributed by atoms with Crippen LogP contribution in [0.15, 0.2) is 17.5 Å². The highest BCUT2D eigenvalue weighted by Crippen LogP contribution is 2.34. The second kappa shape index (κ2) is 8.45. The average molecular weight is 340 g/mol. The number of carbonyl (C=O) groups is 2. The van der Waals surface area contributed by atoms with Crippen LogP contribution in [0.2, 0.25) is 0 Å². The highest BCUT2D eigenvalue weighted by molar-refractivity contribution is 7.10. The molecule has 1 amide bonds. The number of aliphatic carboxylic acids is 1. The van der Waals surface area contributed by atoms with E-state index in [1.807, 2.05) is 31.4 Å². The quantitative estimate of drug-likeness (QED) is 0.680. The number of carboxylic acids is 1. The predicted octanol–water partition coefficient (Wildman–Crippen LogP) is 3.04. The largest absolute Gasteiger partial charge is 0.480 e. The van der Waals surface area contributed by atoms with Gasteiger partial charge in [-0.05, 0) is 22.8 Å². The van der Waals surface area contributed by atoms with Crippen LogP contribution in [0.25, 0.3) is 0 Å². The molecule has 0 bridgehead atoms. The lowest BCUT2D eigenvalue weighted by atomic mass is 9.85. The van der Waals surface area contributed by atoms with Crippen molar-refractivity contribution in [2.75, 3.05) is 6.54 Å². The van der Waals surface area contributed by atoms with Crippen LogP contribution < -0.4 is 10.6 Å². The van der Waals surface area contributed by atoms with Gasteiger partial charge in [-0.1, -0.05) is 47.1 Å². The Morgan fingerprint density at radius 2 is 2.00 bits per heavy atom. The summed E-state index contributed by atoms with van der Waals surface area (Å²) >= 11 is 1.61. The third-order valence-electron chi connectivity index (χ3n) is 3.96. The standard InChI is InChI=1S/C17H28N2O3S/c1-6-11(2)14(16(21)22)18-10-13(20)19-15(17(3,4)5)12-8-7-9-23-12/h7-9,11,14-15,18H,6,10H2,1-5H3,(H,19,20)(H,21,22)/t11-,14-,15?/m0/s1. The minimum Gasteiger partial charge on any atom is -0.480 e. The van der Waals surface area contributed by atoms with Crippen molar-refractivity contribution < 1.29 is 14.7 Å². The molecular formula is C17H28N2O3S. The van der Waals surface area contributed by atoms with Crippen molar-refractivity contribution in [2.24, 2.45) is 11.3 Å². The van der Waals surface area contributed by atoms with Gasteiger partial charge in [-0.25, -0.2) is 0 Å². The molecule has 1 heterocycles. The molecule has 0 aromatic carbocycles. The maximum atomic E-state index is 12.3. The van der Waals surface area contributed by atoms with Crippen molar-refractivity contribution in [1.29, 1.82) is 0 Å². The molecule has 1 unspecified atom stereocenters. The van der Waals surface area contributed by atoms with Gasteiger partial charge < -0.3 is 10.4 Å². The van der Waals surface area contributed by atoms with E-state index in [-0.39, 0.29) is 29.8 Å². The van der Waals surface area contributed by atoms with Gasteiger partial charge in [0.15, 0.2) is 0 Å². The Labute approximate surface area is 142 Å². The van der Waals surface area contributed by atoms with Crippen LogP contribution in [-0.4, -0.2) is 29.6 Å². The first-order valence-corrected chi connectivity index (χ1v) is 8.83. The molecule has 3 atom stereocenters. The fraction of sp³-hybridized carbons (Fsp3) is 0.647. The van der Waals surface area contributed by atoms with Crippen LogP contribution in [-0.2, 0) is 9.59 Å². The molecule has 0 aliphatic carbocycles. The number of hydrogen-bond donors (Lipinski definition) is 3. The summed E-state index contributed by atoms with van der Waals surface area (Å²) in [6, 6.07) is 3.17. The second-order valence-electron chi connectivity index (χ2n) is 6.96. The van der Waals surface area contributed by atoms with Crippen LogP contribution in [0.4, 0.5) is 0 Å².